The minimum atomic E-state index is -3.27. The van der Waals surface area contributed by atoms with E-state index in [2.05, 4.69) is 4.98 Å². The lowest BCUT2D eigenvalue weighted by molar-refractivity contribution is 0.00330. The maximum Gasteiger partial charge on any atom is 0.273 e. The van der Waals surface area contributed by atoms with E-state index in [1.807, 2.05) is 35.2 Å². The Labute approximate surface area is 165 Å². The number of carbonyl (C=O) groups excluding carboxylic acids is 1. The number of rotatable bonds is 4. The third kappa shape index (κ3) is 3.29. The van der Waals surface area contributed by atoms with Crippen molar-refractivity contribution in [1.29, 1.82) is 0 Å². The molecule has 2 atom stereocenters. The molecule has 0 N–H and O–H groups in total. The third-order valence-electron chi connectivity index (χ3n) is 6.17. The molecule has 0 saturated carbocycles. The first-order valence-electron chi connectivity index (χ1n) is 9.41. The van der Waals surface area contributed by atoms with Crippen LogP contribution < -0.4 is 0 Å². The molecule has 0 aliphatic carbocycles. The maximum absolute atomic E-state index is 13.2. The fourth-order valence-electron chi connectivity index (χ4n) is 4.63. The van der Waals surface area contributed by atoms with Gasteiger partial charge in [0.2, 0.25) is 10.0 Å². The molecule has 0 spiro atoms. The van der Waals surface area contributed by atoms with E-state index in [-0.39, 0.29) is 17.2 Å². The fourth-order valence-corrected chi connectivity index (χ4v) is 5.58. The number of piperidine rings is 1. The van der Waals surface area contributed by atoms with Crippen molar-refractivity contribution in [1.82, 2.24) is 14.2 Å². The normalized spacial score (nSPS) is 25.8. The standard InChI is InChI=1S/C20H25N3O4S/c1-27-14-20-8-10-22(11-16(20)12-23(13-20)28(2,25)26)19(24)18-17-6-4-3-5-15(17)7-9-21-18/h3-7,9,16H,8,10-14H2,1-2H3/t16-,20+/m1/s1. The summed E-state index contributed by atoms with van der Waals surface area (Å²) in [5.41, 5.74) is 0.219. The summed E-state index contributed by atoms with van der Waals surface area (Å²) in [4.78, 5) is 19.4. The molecule has 150 valence electrons. The maximum atomic E-state index is 13.2. The molecule has 0 radical (unpaired) electrons. The average molecular weight is 404 g/mol. The van der Waals surface area contributed by atoms with Crippen molar-refractivity contribution in [2.75, 3.05) is 46.2 Å². The van der Waals surface area contributed by atoms with E-state index in [4.69, 9.17) is 4.74 Å². The van der Waals surface area contributed by atoms with E-state index in [9.17, 15) is 13.2 Å². The highest BCUT2D eigenvalue weighted by Gasteiger charge is 2.52. The Hall–Kier alpha value is -2.03. The van der Waals surface area contributed by atoms with Crippen LogP contribution in [0.1, 0.15) is 16.9 Å². The first-order chi connectivity index (χ1) is 13.3. The summed E-state index contributed by atoms with van der Waals surface area (Å²) in [6, 6.07) is 9.62. The molecule has 2 aliphatic rings. The van der Waals surface area contributed by atoms with Crippen molar-refractivity contribution < 1.29 is 17.9 Å². The molecule has 8 heteroatoms. The van der Waals surface area contributed by atoms with Gasteiger partial charge in [-0.3, -0.25) is 9.78 Å². The lowest BCUT2D eigenvalue weighted by atomic mass is 9.73. The van der Waals surface area contributed by atoms with Gasteiger partial charge in [0, 0.05) is 50.3 Å². The molecule has 2 aliphatic heterocycles. The Morgan fingerprint density at radius 2 is 2.07 bits per heavy atom. The predicted molar refractivity (Wildman–Crippen MR) is 106 cm³/mol. The number of pyridine rings is 1. The van der Waals surface area contributed by atoms with E-state index >= 15 is 0 Å². The molecular weight excluding hydrogens is 378 g/mol. The molecule has 2 saturated heterocycles. The van der Waals surface area contributed by atoms with Gasteiger partial charge in [-0.15, -0.1) is 0 Å². The molecule has 1 aromatic heterocycles. The van der Waals surface area contributed by atoms with Crippen LogP contribution in [0.2, 0.25) is 0 Å². The quantitative estimate of drug-likeness (QED) is 0.775. The van der Waals surface area contributed by atoms with E-state index < -0.39 is 10.0 Å². The number of sulfonamides is 1. The number of amides is 1. The minimum Gasteiger partial charge on any atom is -0.384 e. The average Bonchev–Trinajstić information content (AvgIpc) is 3.06. The van der Waals surface area contributed by atoms with Crippen LogP contribution in [0.4, 0.5) is 0 Å². The zero-order valence-electron chi connectivity index (χ0n) is 16.2. The fraction of sp³-hybridized carbons (Fsp3) is 0.500. The molecule has 0 unspecified atom stereocenters. The van der Waals surface area contributed by atoms with Crippen LogP contribution in [0.3, 0.4) is 0 Å². The number of likely N-dealkylation sites (tertiary alicyclic amines) is 1. The summed E-state index contributed by atoms with van der Waals surface area (Å²) in [7, 11) is -1.63. The first kappa shape index (κ1) is 19.3. The minimum absolute atomic E-state index is 0.0508. The van der Waals surface area contributed by atoms with Gasteiger partial charge in [0.25, 0.3) is 5.91 Å². The highest BCUT2D eigenvalue weighted by atomic mass is 32.2. The highest BCUT2D eigenvalue weighted by Crippen LogP contribution is 2.44. The number of fused-ring (bicyclic) bond motifs is 2. The van der Waals surface area contributed by atoms with Gasteiger partial charge >= 0.3 is 0 Å². The van der Waals surface area contributed by atoms with Crippen LogP contribution in [-0.2, 0) is 14.8 Å². The van der Waals surface area contributed by atoms with Gasteiger partial charge < -0.3 is 9.64 Å². The van der Waals surface area contributed by atoms with E-state index in [1.165, 1.54) is 10.6 Å². The Balaban J connectivity index is 1.61. The second kappa shape index (κ2) is 7.09. The van der Waals surface area contributed by atoms with Crippen molar-refractivity contribution in [2.45, 2.75) is 6.42 Å². The van der Waals surface area contributed by atoms with E-state index in [0.29, 0.717) is 44.9 Å². The molecule has 7 nitrogen and oxygen atoms in total. The summed E-state index contributed by atoms with van der Waals surface area (Å²) in [6.45, 7) is 2.46. The van der Waals surface area contributed by atoms with Crippen molar-refractivity contribution in [3.05, 3.63) is 42.2 Å². The summed E-state index contributed by atoms with van der Waals surface area (Å²) >= 11 is 0. The van der Waals surface area contributed by atoms with Crippen LogP contribution in [0.15, 0.2) is 36.5 Å². The first-order valence-corrected chi connectivity index (χ1v) is 11.3. The molecule has 1 aromatic carbocycles. The van der Waals surface area contributed by atoms with Gasteiger partial charge in [0.1, 0.15) is 5.69 Å². The van der Waals surface area contributed by atoms with Crippen molar-refractivity contribution in [2.24, 2.45) is 11.3 Å². The Morgan fingerprint density at radius 3 is 2.82 bits per heavy atom. The van der Waals surface area contributed by atoms with E-state index in [1.54, 1.807) is 13.3 Å². The number of carbonyl (C=O) groups is 1. The van der Waals surface area contributed by atoms with Crippen LogP contribution in [0.5, 0.6) is 0 Å². The van der Waals surface area contributed by atoms with Gasteiger partial charge in [-0.05, 0) is 23.8 Å². The second-order valence-electron chi connectivity index (χ2n) is 7.93. The van der Waals surface area contributed by atoms with Crippen LogP contribution >= 0.6 is 0 Å². The number of hydrogen-bond acceptors (Lipinski definition) is 5. The van der Waals surface area contributed by atoms with Gasteiger partial charge in [-0.2, -0.15) is 0 Å². The van der Waals surface area contributed by atoms with Crippen LogP contribution in [-0.4, -0.2) is 74.7 Å². The topological polar surface area (TPSA) is 79.8 Å². The molecule has 2 fully saturated rings. The van der Waals surface area contributed by atoms with Gasteiger partial charge in [0.05, 0.1) is 12.9 Å². The zero-order valence-corrected chi connectivity index (χ0v) is 17.0. The number of aromatic nitrogens is 1. The Bertz CT molecular complexity index is 1000. The predicted octanol–water partition coefficient (Wildman–Crippen LogP) is 1.60. The third-order valence-corrected chi connectivity index (χ3v) is 7.38. The van der Waals surface area contributed by atoms with Crippen LogP contribution in [0, 0.1) is 11.3 Å². The molecule has 3 heterocycles. The summed E-state index contributed by atoms with van der Waals surface area (Å²) < 4.78 is 31.2. The Kier molecular flexibility index (Phi) is 4.89. The number of ether oxygens (including phenoxy) is 1. The summed E-state index contributed by atoms with van der Waals surface area (Å²) in [5, 5.41) is 1.82. The van der Waals surface area contributed by atoms with Gasteiger partial charge in [0.15, 0.2) is 0 Å². The number of hydrogen-bond donors (Lipinski definition) is 0. The smallest absolute Gasteiger partial charge is 0.273 e. The molecule has 1 amide bonds. The van der Waals surface area contributed by atoms with E-state index in [0.717, 1.165) is 10.8 Å². The van der Waals surface area contributed by atoms with Crippen LogP contribution in [0.25, 0.3) is 10.8 Å². The largest absolute Gasteiger partial charge is 0.384 e. The molecule has 2 aromatic rings. The number of benzene rings is 1. The number of nitrogens with zero attached hydrogens (tertiary/aromatic N) is 3. The second-order valence-corrected chi connectivity index (χ2v) is 9.91. The monoisotopic (exact) mass is 403 g/mol. The molecule has 0 bridgehead atoms. The van der Waals surface area contributed by atoms with Crippen molar-refractivity contribution in [3.63, 3.8) is 0 Å². The van der Waals surface area contributed by atoms with Crippen molar-refractivity contribution in [3.8, 4) is 0 Å². The van der Waals surface area contributed by atoms with Gasteiger partial charge in [-0.25, -0.2) is 12.7 Å². The lowest BCUT2D eigenvalue weighted by Crippen LogP contribution is -2.51. The Morgan fingerprint density at radius 1 is 1.29 bits per heavy atom. The summed E-state index contributed by atoms with van der Waals surface area (Å²) in [6.07, 6.45) is 3.62. The SMILES string of the molecule is COC[C@@]12CCN(C(=O)c3nccc4ccccc34)C[C@@H]1CN(S(C)(=O)=O)C2. The number of methoxy groups -OCH3 is 1. The molecule has 28 heavy (non-hydrogen) atoms. The highest BCUT2D eigenvalue weighted by molar-refractivity contribution is 7.88. The zero-order chi connectivity index (χ0) is 19.9. The van der Waals surface area contributed by atoms with Gasteiger partial charge in [-0.1, -0.05) is 24.3 Å². The molecular formula is C20H25N3O4S. The summed E-state index contributed by atoms with van der Waals surface area (Å²) in [5.74, 6) is -0.0459. The lowest BCUT2D eigenvalue weighted by Gasteiger charge is -2.43. The molecule has 4 rings (SSSR count). The van der Waals surface area contributed by atoms with Crippen molar-refractivity contribution >= 4 is 26.7 Å².